The van der Waals surface area contributed by atoms with Gasteiger partial charge in [-0.15, -0.1) is 0 Å². The summed E-state index contributed by atoms with van der Waals surface area (Å²) in [5.74, 6) is -0.713. The van der Waals surface area contributed by atoms with Gasteiger partial charge in [0.05, 0.1) is 20.0 Å². The molecule has 0 N–H and O–H groups in total. The molecule has 0 spiro atoms. The Hall–Kier alpha value is -5.24. The molecule has 0 aliphatic rings. The smallest absolute Gasteiger partial charge is 0.334 e. The van der Waals surface area contributed by atoms with E-state index in [0.29, 0.717) is 12.1 Å². The van der Waals surface area contributed by atoms with Crippen LogP contribution in [0.2, 0.25) is 0 Å². The Morgan fingerprint density at radius 2 is 1.43 bits per heavy atom. The summed E-state index contributed by atoms with van der Waals surface area (Å²) in [4.78, 5) is 46.4. The van der Waals surface area contributed by atoms with Crippen molar-refractivity contribution in [2.24, 2.45) is 0 Å². The number of nitrogens with zero attached hydrogens (tertiary/aromatic N) is 4. The van der Waals surface area contributed by atoms with Gasteiger partial charge in [-0.05, 0) is 27.5 Å². The van der Waals surface area contributed by atoms with Crippen molar-refractivity contribution in [3.05, 3.63) is 147 Å². The van der Waals surface area contributed by atoms with E-state index >= 15 is 0 Å². The summed E-state index contributed by atoms with van der Waals surface area (Å²) in [7, 11) is 1.26. The van der Waals surface area contributed by atoms with Gasteiger partial charge in [0.2, 0.25) is 0 Å². The molecule has 8 nitrogen and oxygen atoms in total. The number of carbonyl (C=O) groups excluding carboxylic acids is 1. The van der Waals surface area contributed by atoms with Gasteiger partial charge >= 0.3 is 11.7 Å². The van der Waals surface area contributed by atoms with E-state index in [1.165, 1.54) is 11.7 Å². The van der Waals surface area contributed by atoms with Gasteiger partial charge < -0.3 is 9.30 Å². The summed E-state index contributed by atoms with van der Waals surface area (Å²) < 4.78 is 9.38. The van der Waals surface area contributed by atoms with Crippen LogP contribution in [0.25, 0.3) is 21.9 Å². The number of methoxy groups -OCH3 is 1. The molecule has 4 aromatic carbocycles. The number of hydrogen-bond donors (Lipinski definition) is 0. The van der Waals surface area contributed by atoms with Crippen LogP contribution < -0.4 is 11.2 Å². The van der Waals surface area contributed by atoms with Crippen LogP contribution in [0.5, 0.6) is 0 Å². The van der Waals surface area contributed by atoms with Crippen molar-refractivity contribution < 1.29 is 9.53 Å². The SMILES string of the molecule is COC(=O)C(c1cccc2ccccc12)n1c(=O)c2c(ncn2Cc2ccccc2)n(Cc2ccccc2)c1=O. The van der Waals surface area contributed by atoms with Gasteiger partial charge in [-0.25, -0.2) is 19.1 Å². The summed E-state index contributed by atoms with van der Waals surface area (Å²) in [6.07, 6.45) is 1.56. The molecular formula is C32H26N4O4. The summed E-state index contributed by atoms with van der Waals surface area (Å²) >= 11 is 0. The summed E-state index contributed by atoms with van der Waals surface area (Å²) in [6.45, 7) is 0.537. The van der Waals surface area contributed by atoms with Gasteiger partial charge in [0.1, 0.15) is 0 Å². The van der Waals surface area contributed by atoms with E-state index in [2.05, 4.69) is 4.98 Å². The number of hydrogen-bond acceptors (Lipinski definition) is 5. The fourth-order valence-electron chi connectivity index (χ4n) is 5.22. The second kappa shape index (κ2) is 10.5. The Labute approximate surface area is 229 Å². The second-order valence-electron chi connectivity index (χ2n) is 9.55. The molecule has 198 valence electrons. The molecule has 0 aliphatic heterocycles. The fourth-order valence-corrected chi connectivity index (χ4v) is 5.22. The lowest BCUT2D eigenvalue weighted by Crippen LogP contribution is -2.45. The lowest BCUT2D eigenvalue weighted by Gasteiger charge is -2.21. The summed E-state index contributed by atoms with van der Waals surface area (Å²) in [6, 6.07) is 30.9. The first-order valence-corrected chi connectivity index (χ1v) is 12.9. The van der Waals surface area contributed by atoms with Crippen LogP contribution in [-0.2, 0) is 22.6 Å². The molecular weight excluding hydrogens is 504 g/mol. The molecule has 0 amide bonds. The van der Waals surface area contributed by atoms with Gasteiger partial charge in [0, 0.05) is 6.54 Å². The monoisotopic (exact) mass is 530 g/mol. The van der Waals surface area contributed by atoms with Gasteiger partial charge in [0.25, 0.3) is 5.56 Å². The zero-order chi connectivity index (χ0) is 27.6. The Morgan fingerprint density at radius 1 is 0.800 bits per heavy atom. The minimum atomic E-state index is -1.30. The third-order valence-corrected chi connectivity index (χ3v) is 7.11. The van der Waals surface area contributed by atoms with Crippen molar-refractivity contribution in [1.82, 2.24) is 18.7 Å². The van der Waals surface area contributed by atoms with Crippen LogP contribution in [-0.4, -0.2) is 31.8 Å². The van der Waals surface area contributed by atoms with Gasteiger partial charge in [-0.3, -0.25) is 9.36 Å². The molecule has 2 aromatic heterocycles. The van der Waals surface area contributed by atoms with Crippen molar-refractivity contribution >= 4 is 27.9 Å². The molecule has 0 fully saturated rings. The van der Waals surface area contributed by atoms with E-state index in [1.807, 2.05) is 91.0 Å². The normalized spacial score (nSPS) is 12.0. The molecule has 1 atom stereocenters. The molecule has 40 heavy (non-hydrogen) atoms. The molecule has 0 radical (unpaired) electrons. The highest BCUT2D eigenvalue weighted by atomic mass is 16.5. The quantitative estimate of drug-likeness (QED) is 0.286. The minimum absolute atomic E-state index is 0.169. The van der Waals surface area contributed by atoms with Crippen molar-refractivity contribution in [1.29, 1.82) is 0 Å². The van der Waals surface area contributed by atoms with E-state index in [0.717, 1.165) is 26.5 Å². The molecule has 6 rings (SSSR count). The second-order valence-corrected chi connectivity index (χ2v) is 9.55. The standard InChI is InChI=1S/C32H26N4O4/c1-40-31(38)27(26-18-10-16-24-15-8-9-17-25(24)26)36-30(37)28-29(33-21-34(28)19-22-11-4-2-5-12-22)35(32(36)39)20-23-13-6-3-7-14-23/h2-18,21,27H,19-20H2,1H3. The topological polar surface area (TPSA) is 88.1 Å². The molecule has 0 aliphatic carbocycles. The first kappa shape index (κ1) is 25.1. The van der Waals surface area contributed by atoms with Crippen LogP contribution in [0, 0.1) is 0 Å². The lowest BCUT2D eigenvalue weighted by atomic mass is 9.98. The fraction of sp³-hybridized carbons (Fsp3) is 0.125. The van der Waals surface area contributed by atoms with Crippen LogP contribution in [0.15, 0.2) is 119 Å². The Morgan fingerprint density at radius 3 is 2.12 bits per heavy atom. The number of imidazole rings is 1. The first-order chi connectivity index (χ1) is 19.6. The third-order valence-electron chi connectivity index (χ3n) is 7.11. The maximum atomic E-state index is 14.3. The maximum Gasteiger partial charge on any atom is 0.334 e. The van der Waals surface area contributed by atoms with Crippen molar-refractivity contribution in [3.63, 3.8) is 0 Å². The van der Waals surface area contributed by atoms with E-state index in [9.17, 15) is 14.4 Å². The van der Waals surface area contributed by atoms with Gasteiger partial charge in [-0.1, -0.05) is 103 Å². The Bertz CT molecular complexity index is 1950. The molecule has 0 bridgehead atoms. The minimum Gasteiger partial charge on any atom is -0.467 e. The maximum absolute atomic E-state index is 14.3. The van der Waals surface area contributed by atoms with E-state index < -0.39 is 23.3 Å². The number of fused-ring (bicyclic) bond motifs is 2. The number of benzene rings is 4. The van der Waals surface area contributed by atoms with Crippen LogP contribution in [0.4, 0.5) is 0 Å². The third kappa shape index (κ3) is 4.39. The first-order valence-electron chi connectivity index (χ1n) is 12.9. The highest BCUT2D eigenvalue weighted by Crippen LogP contribution is 2.27. The predicted molar refractivity (Wildman–Crippen MR) is 153 cm³/mol. The average molecular weight is 531 g/mol. The zero-order valence-corrected chi connectivity index (χ0v) is 21.8. The Balaban J connectivity index is 1.66. The highest BCUT2D eigenvalue weighted by Gasteiger charge is 2.31. The molecule has 0 saturated heterocycles. The molecule has 6 aromatic rings. The number of esters is 1. The highest BCUT2D eigenvalue weighted by molar-refractivity contribution is 5.91. The molecule has 2 heterocycles. The van der Waals surface area contributed by atoms with E-state index in [4.69, 9.17) is 4.74 Å². The summed E-state index contributed by atoms with van der Waals surface area (Å²) in [5, 5.41) is 1.63. The number of aromatic nitrogens is 4. The van der Waals surface area contributed by atoms with Crippen LogP contribution >= 0.6 is 0 Å². The van der Waals surface area contributed by atoms with Gasteiger partial charge in [0.15, 0.2) is 17.2 Å². The van der Waals surface area contributed by atoms with Crippen LogP contribution in [0.1, 0.15) is 22.7 Å². The van der Waals surface area contributed by atoms with E-state index in [-0.39, 0.29) is 17.7 Å². The number of carbonyl (C=O) groups is 1. The Kier molecular flexibility index (Phi) is 6.57. The molecule has 8 heteroatoms. The summed E-state index contributed by atoms with van der Waals surface area (Å²) in [5.41, 5.74) is 1.56. The largest absolute Gasteiger partial charge is 0.467 e. The average Bonchev–Trinajstić information content (AvgIpc) is 3.41. The predicted octanol–water partition coefficient (Wildman–Crippen LogP) is 4.37. The van der Waals surface area contributed by atoms with E-state index in [1.54, 1.807) is 23.0 Å². The zero-order valence-electron chi connectivity index (χ0n) is 21.8. The van der Waals surface area contributed by atoms with Crippen molar-refractivity contribution in [2.75, 3.05) is 7.11 Å². The number of ether oxygens (including phenoxy) is 1. The van der Waals surface area contributed by atoms with Crippen LogP contribution in [0.3, 0.4) is 0 Å². The van der Waals surface area contributed by atoms with Crippen molar-refractivity contribution in [3.8, 4) is 0 Å². The van der Waals surface area contributed by atoms with Gasteiger partial charge in [-0.2, -0.15) is 0 Å². The van der Waals surface area contributed by atoms with Crippen molar-refractivity contribution in [2.45, 2.75) is 19.1 Å². The molecule has 1 unspecified atom stereocenters. The number of rotatable bonds is 7. The lowest BCUT2D eigenvalue weighted by molar-refractivity contribution is -0.143. The molecule has 0 saturated carbocycles.